The van der Waals surface area contributed by atoms with Gasteiger partial charge in [-0.1, -0.05) is 27.7 Å². The van der Waals surface area contributed by atoms with Crippen LogP contribution in [-0.2, 0) is 14.3 Å². The average molecular weight is 313 g/mol. The Labute approximate surface area is 134 Å². The molecule has 0 aromatic heterocycles. The lowest BCUT2D eigenvalue weighted by Gasteiger charge is -2.37. The Morgan fingerprint density at radius 3 is 2.14 bits per heavy atom. The molecule has 0 unspecified atom stereocenters. The first-order valence-electron chi connectivity index (χ1n) is 8.19. The Kier molecular flexibility index (Phi) is 7.82. The van der Waals surface area contributed by atoms with Crippen LogP contribution in [0.25, 0.3) is 0 Å². The quantitative estimate of drug-likeness (QED) is 0.723. The van der Waals surface area contributed by atoms with E-state index in [9.17, 15) is 9.59 Å². The minimum atomic E-state index is -0.477. The topological polar surface area (TPSA) is 70.7 Å². The normalized spacial score (nSPS) is 19.0. The fourth-order valence-corrected chi connectivity index (χ4v) is 2.76. The van der Waals surface area contributed by atoms with E-state index in [4.69, 9.17) is 4.74 Å². The fraction of sp³-hybridized carbons (Fsp3) is 0.875. The highest BCUT2D eigenvalue weighted by Gasteiger charge is 2.27. The summed E-state index contributed by atoms with van der Waals surface area (Å²) in [6.45, 7) is 13.5. The maximum absolute atomic E-state index is 12.4. The third-order valence-electron chi connectivity index (χ3n) is 4.08. The minimum absolute atomic E-state index is 0.0600. The first-order valence-corrected chi connectivity index (χ1v) is 8.19. The lowest BCUT2D eigenvalue weighted by Crippen LogP contribution is -2.55. The molecule has 128 valence electrons. The van der Waals surface area contributed by atoms with E-state index in [1.807, 2.05) is 13.8 Å². The average Bonchev–Trinajstić information content (AvgIpc) is 2.45. The van der Waals surface area contributed by atoms with E-state index in [0.29, 0.717) is 12.5 Å². The van der Waals surface area contributed by atoms with Crippen molar-refractivity contribution in [3.63, 3.8) is 0 Å². The van der Waals surface area contributed by atoms with E-state index < -0.39 is 6.04 Å². The Hall–Kier alpha value is -1.14. The molecule has 2 N–H and O–H groups in total. The standard InChI is InChI=1S/C16H31N3O3/c1-11(2)14(19-6-8-22-9-7-19)10-17-16(21)15(12(3)4)18-13(5)20/h11-12,14-15H,6-10H2,1-5H3,(H,17,21)(H,18,20)/t14-,15+/m1/s1. The molecule has 1 rings (SSSR count). The predicted molar refractivity (Wildman–Crippen MR) is 86.5 cm³/mol. The van der Waals surface area contributed by atoms with Crippen LogP contribution in [0, 0.1) is 11.8 Å². The van der Waals surface area contributed by atoms with Gasteiger partial charge in [0.05, 0.1) is 13.2 Å². The van der Waals surface area contributed by atoms with Gasteiger partial charge in [-0.25, -0.2) is 0 Å². The Morgan fingerprint density at radius 1 is 1.09 bits per heavy atom. The van der Waals surface area contributed by atoms with Gasteiger partial charge in [0, 0.05) is 32.6 Å². The molecule has 2 amide bonds. The second-order valence-corrected chi connectivity index (χ2v) is 6.63. The maximum Gasteiger partial charge on any atom is 0.242 e. The van der Waals surface area contributed by atoms with Crippen LogP contribution < -0.4 is 10.6 Å². The van der Waals surface area contributed by atoms with E-state index in [1.54, 1.807) is 0 Å². The summed E-state index contributed by atoms with van der Waals surface area (Å²) in [5, 5.41) is 5.74. The van der Waals surface area contributed by atoms with E-state index >= 15 is 0 Å². The first kappa shape index (κ1) is 18.9. The summed E-state index contributed by atoms with van der Waals surface area (Å²) in [7, 11) is 0. The van der Waals surface area contributed by atoms with Gasteiger partial charge < -0.3 is 15.4 Å². The summed E-state index contributed by atoms with van der Waals surface area (Å²) in [5.74, 6) is 0.216. The highest BCUT2D eigenvalue weighted by atomic mass is 16.5. The number of nitrogens with zero attached hydrogens (tertiary/aromatic N) is 1. The fourth-order valence-electron chi connectivity index (χ4n) is 2.76. The van der Waals surface area contributed by atoms with Crippen LogP contribution in [0.5, 0.6) is 0 Å². The summed E-state index contributed by atoms with van der Waals surface area (Å²) in [4.78, 5) is 26.0. The molecule has 6 nitrogen and oxygen atoms in total. The Morgan fingerprint density at radius 2 is 1.68 bits per heavy atom. The van der Waals surface area contributed by atoms with Crippen molar-refractivity contribution in [3.8, 4) is 0 Å². The van der Waals surface area contributed by atoms with Gasteiger partial charge in [-0.3, -0.25) is 14.5 Å². The molecule has 1 fully saturated rings. The molecule has 1 saturated heterocycles. The molecule has 6 heteroatoms. The molecule has 1 aliphatic heterocycles. The number of carbonyl (C=O) groups is 2. The van der Waals surface area contributed by atoms with Crippen molar-refractivity contribution in [1.82, 2.24) is 15.5 Å². The molecule has 22 heavy (non-hydrogen) atoms. The van der Waals surface area contributed by atoms with Crippen LogP contribution in [0.1, 0.15) is 34.6 Å². The zero-order chi connectivity index (χ0) is 16.7. The molecule has 0 radical (unpaired) electrons. The van der Waals surface area contributed by atoms with Crippen molar-refractivity contribution >= 4 is 11.8 Å². The SMILES string of the molecule is CC(=O)N[C@H](C(=O)NC[C@H](C(C)C)N1CCOCC1)C(C)C. The molecule has 0 aliphatic carbocycles. The third kappa shape index (κ3) is 5.93. The van der Waals surface area contributed by atoms with Gasteiger partial charge in [-0.2, -0.15) is 0 Å². The molecule has 2 atom stereocenters. The summed E-state index contributed by atoms with van der Waals surface area (Å²) >= 11 is 0. The van der Waals surface area contributed by atoms with Gasteiger partial charge in [0.2, 0.25) is 11.8 Å². The lowest BCUT2D eigenvalue weighted by atomic mass is 10.0. The van der Waals surface area contributed by atoms with Crippen LogP contribution in [0.15, 0.2) is 0 Å². The van der Waals surface area contributed by atoms with Gasteiger partial charge in [0.25, 0.3) is 0 Å². The van der Waals surface area contributed by atoms with E-state index in [0.717, 1.165) is 26.3 Å². The molecular weight excluding hydrogens is 282 g/mol. The minimum Gasteiger partial charge on any atom is -0.379 e. The molecule has 1 heterocycles. The number of hydrogen-bond acceptors (Lipinski definition) is 4. The van der Waals surface area contributed by atoms with Crippen molar-refractivity contribution in [2.45, 2.75) is 46.7 Å². The highest BCUT2D eigenvalue weighted by molar-refractivity contribution is 5.87. The van der Waals surface area contributed by atoms with Crippen molar-refractivity contribution in [3.05, 3.63) is 0 Å². The number of morpholine rings is 1. The summed E-state index contributed by atoms with van der Waals surface area (Å²) in [5.41, 5.74) is 0. The Bertz CT molecular complexity index is 366. The molecule has 0 bridgehead atoms. The van der Waals surface area contributed by atoms with Crippen LogP contribution in [0.2, 0.25) is 0 Å². The van der Waals surface area contributed by atoms with Gasteiger partial charge >= 0.3 is 0 Å². The molecule has 0 spiro atoms. The van der Waals surface area contributed by atoms with Crippen LogP contribution in [-0.4, -0.2) is 61.6 Å². The molecule has 0 aromatic carbocycles. The summed E-state index contributed by atoms with van der Waals surface area (Å²) in [6.07, 6.45) is 0. The smallest absolute Gasteiger partial charge is 0.242 e. The molecular formula is C16H31N3O3. The molecule has 1 aliphatic rings. The largest absolute Gasteiger partial charge is 0.379 e. The van der Waals surface area contributed by atoms with Gasteiger partial charge in [0.1, 0.15) is 6.04 Å². The number of carbonyl (C=O) groups excluding carboxylic acids is 2. The zero-order valence-corrected chi connectivity index (χ0v) is 14.5. The Balaban J connectivity index is 2.58. The molecule has 0 aromatic rings. The number of amides is 2. The van der Waals surface area contributed by atoms with Crippen molar-refractivity contribution in [1.29, 1.82) is 0 Å². The summed E-state index contributed by atoms with van der Waals surface area (Å²) in [6, 6.07) is -0.187. The van der Waals surface area contributed by atoms with Gasteiger partial charge in [-0.15, -0.1) is 0 Å². The number of ether oxygens (including phenoxy) is 1. The van der Waals surface area contributed by atoms with Crippen LogP contribution in [0.3, 0.4) is 0 Å². The van der Waals surface area contributed by atoms with E-state index in [2.05, 4.69) is 29.4 Å². The maximum atomic E-state index is 12.4. The van der Waals surface area contributed by atoms with Crippen molar-refractivity contribution in [2.24, 2.45) is 11.8 Å². The number of rotatable bonds is 7. The van der Waals surface area contributed by atoms with Gasteiger partial charge in [0.15, 0.2) is 0 Å². The second-order valence-electron chi connectivity index (χ2n) is 6.63. The highest BCUT2D eigenvalue weighted by Crippen LogP contribution is 2.12. The molecule has 0 saturated carbocycles. The summed E-state index contributed by atoms with van der Waals surface area (Å²) < 4.78 is 5.39. The lowest BCUT2D eigenvalue weighted by molar-refractivity contribution is -0.129. The zero-order valence-electron chi connectivity index (χ0n) is 14.5. The van der Waals surface area contributed by atoms with Crippen LogP contribution >= 0.6 is 0 Å². The van der Waals surface area contributed by atoms with E-state index in [1.165, 1.54) is 6.92 Å². The number of hydrogen-bond donors (Lipinski definition) is 2. The van der Waals surface area contributed by atoms with E-state index in [-0.39, 0.29) is 23.8 Å². The van der Waals surface area contributed by atoms with Crippen molar-refractivity contribution < 1.29 is 14.3 Å². The van der Waals surface area contributed by atoms with Gasteiger partial charge in [-0.05, 0) is 11.8 Å². The van der Waals surface area contributed by atoms with Crippen molar-refractivity contribution in [2.75, 3.05) is 32.8 Å². The van der Waals surface area contributed by atoms with Crippen LogP contribution in [0.4, 0.5) is 0 Å². The second kappa shape index (κ2) is 9.10. The monoisotopic (exact) mass is 313 g/mol. The first-order chi connectivity index (χ1) is 10.3. The predicted octanol–water partition coefficient (Wildman–Crippen LogP) is 0.620. The number of nitrogens with one attached hydrogen (secondary N) is 2. The third-order valence-corrected chi connectivity index (χ3v) is 4.08.